The second kappa shape index (κ2) is 4.99. The molecule has 19 heavy (non-hydrogen) atoms. The lowest BCUT2D eigenvalue weighted by Crippen LogP contribution is -2.46. The molecule has 1 aromatic rings. The van der Waals surface area contributed by atoms with Gasteiger partial charge < -0.3 is 10.2 Å². The Morgan fingerprint density at radius 3 is 2.58 bits per heavy atom. The van der Waals surface area contributed by atoms with E-state index in [9.17, 15) is 14.7 Å². The Hall–Kier alpha value is -1.92. The van der Waals surface area contributed by atoms with Crippen molar-refractivity contribution < 1.29 is 29.6 Å². The first-order chi connectivity index (χ1) is 9.02. The maximum atomic E-state index is 11.5. The van der Waals surface area contributed by atoms with Crippen molar-refractivity contribution >= 4 is 11.9 Å². The first-order valence-corrected chi connectivity index (χ1v) is 5.92. The van der Waals surface area contributed by atoms with Crippen molar-refractivity contribution in [2.24, 2.45) is 0 Å². The summed E-state index contributed by atoms with van der Waals surface area (Å²) >= 11 is 0. The summed E-state index contributed by atoms with van der Waals surface area (Å²) in [5.41, 5.74) is 0.193. The van der Waals surface area contributed by atoms with Gasteiger partial charge in [-0.2, -0.15) is 0 Å². The predicted octanol–water partition coefficient (Wildman–Crippen LogP) is 1.31. The Balaban J connectivity index is 2.24. The molecule has 6 nitrogen and oxygen atoms in total. The zero-order chi connectivity index (χ0) is 14.0. The smallest absolute Gasteiger partial charge is 0.348 e. The average molecular weight is 266 g/mol. The molecule has 0 aromatic heterocycles. The lowest BCUT2D eigenvalue weighted by molar-refractivity contribution is -0.348. The van der Waals surface area contributed by atoms with Crippen LogP contribution in [0.5, 0.6) is 0 Å². The lowest BCUT2D eigenvalue weighted by atomic mass is 9.72. The fourth-order valence-corrected chi connectivity index (χ4v) is 2.22. The van der Waals surface area contributed by atoms with Crippen LogP contribution in [0.4, 0.5) is 0 Å². The zero-order valence-electron chi connectivity index (χ0n) is 10.4. The topological polar surface area (TPSA) is 93.1 Å². The Morgan fingerprint density at radius 1 is 1.32 bits per heavy atom. The number of fused-ring (bicyclic) bond motifs is 2. The van der Waals surface area contributed by atoms with Crippen molar-refractivity contribution in [2.75, 3.05) is 6.61 Å². The molecule has 3 rings (SSSR count). The van der Waals surface area contributed by atoms with E-state index in [1.807, 2.05) is 13.0 Å². The van der Waals surface area contributed by atoms with E-state index in [4.69, 9.17) is 9.99 Å². The predicted molar refractivity (Wildman–Crippen MR) is 63.5 cm³/mol. The van der Waals surface area contributed by atoms with Crippen molar-refractivity contribution in [3.05, 3.63) is 34.9 Å². The molecule has 0 aliphatic heterocycles. The molecule has 0 radical (unpaired) electrons. The number of hydrogen-bond donors (Lipinski definition) is 2. The Bertz CT molecular complexity index is 520. The largest absolute Gasteiger partial charge is 0.479 e. The van der Waals surface area contributed by atoms with Crippen molar-refractivity contribution in [2.45, 2.75) is 25.4 Å². The van der Waals surface area contributed by atoms with Crippen LogP contribution in [0.3, 0.4) is 0 Å². The number of hydrogen-bond acceptors (Lipinski definition) is 4. The lowest BCUT2D eigenvalue weighted by Gasteiger charge is -2.38. The van der Waals surface area contributed by atoms with Crippen LogP contribution in [0.2, 0.25) is 0 Å². The number of carboxylic acid groups (broad SMARTS) is 2. The van der Waals surface area contributed by atoms with Crippen LogP contribution >= 0.6 is 0 Å². The van der Waals surface area contributed by atoms with Crippen molar-refractivity contribution in [1.29, 1.82) is 0 Å². The quantitative estimate of drug-likeness (QED) is 0.571. The van der Waals surface area contributed by atoms with E-state index in [-0.39, 0.29) is 0 Å². The summed E-state index contributed by atoms with van der Waals surface area (Å²) in [6.07, 6.45) is 1.60. The molecule has 2 bridgehead atoms. The molecule has 2 aliphatic carbocycles. The van der Waals surface area contributed by atoms with Crippen LogP contribution in [0.1, 0.15) is 30.0 Å². The van der Waals surface area contributed by atoms with E-state index in [0.717, 1.165) is 18.4 Å². The van der Waals surface area contributed by atoms with Crippen LogP contribution in [0, 0.1) is 0 Å². The van der Waals surface area contributed by atoms with Gasteiger partial charge in [-0.15, -0.1) is 0 Å². The van der Waals surface area contributed by atoms with Crippen molar-refractivity contribution in [3.63, 3.8) is 0 Å². The number of rotatable bonds is 7. The molecule has 1 atom stereocenters. The number of benzene rings is 1. The standard InChI is InChI=1S/C13H14O6/c1-2-3-8-4-5-9-6-10(8)13(9,12(16)17)19-18-7-11(14)15/h4-6H,2-3,7H2,1H3,(H,14,15)(H,16,17). The van der Waals surface area contributed by atoms with Gasteiger partial charge in [-0.05, 0) is 18.1 Å². The number of carbonyl (C=O) groups is 2. The van der Waals surface area contributed by atoms with Gasteiger partial charge in [0.2, 0.25) is 5.60 Å². The summed E-state index contributed by atoms with van der Waals surface area (Å²) < 4.78 is 0. The van der Waals surface area contributed by atoms with Crippen molar-refractivity contribution in [1.82, 2.24) is 0 Å². The average Bonchev–Trinajstić information content (AvgIpc) is 2.34. The summed E-state index contributed by atoms with van der Waals surface area (Å²) in [7, 11) is 0. The Labute approximate surface area is 109 Å². The number of carboxylic acids is 2. The van der Waals surface area contributed by atoms with Gasteiger partial charge in [0.25, 0.3) is 0 Å². The van der Waals surface area contributed by atoms with Gasteiger partial charge in [-0.1, -0.05) is 25.5 Å². The van der Waals surface area contributed by atoms with E-state index < -0.39 is 24.1 Å². The van der Waals surface area contributed by atoms with Crippen molar-refractivity contribution in [3.8, 4) is 0 Å². The highest BCUT2D eigenvalue weighted by Crippen LogP contribution is 2.45. The molecule has 0 fully saturated rings. The van der Waals surface area contributed by atoms with Crippen LogP contribution in [0.15, 0.2) is 18.2 Å². The molecule has 2 aliphatic rings. The fourth-order valence-electron chi connectivity index (χ4n) is 2.22. The molecule has 0 amide bonds. The molecule has 0 saturated carbocycles. The minimum atomic E-state index is -1.67. The maximum absolute atomic E-state index is 11.5. The summed E-state index contributed by atoms with van der Waals surface area (Å²) in [5.74, 6) is -2.43. The highest BCUT2D eigenvalue weighted by molar-refractivity contribution is 5.88. The molecular formula is C13H14O6. The summed E-state index contributed by atoms with van der Waals surface area (Å²) in [5, 5.41) is 17.9. The van der Waals surface area contributed by atoms with Crippen LogP contribution in [-0.4, -0.2) is 28.8 Å². The van der Waals surface area contributed by atoms with Crippen LogP contribution in [-0.2, 0) is 31.4 Å². The van der Waals surface area contributed by atoms with Gasteiger partial charge in [0.15, 0.2) is 6.61 Å². The number of aryl methyl sites for hydroxylation is 1. The van der Waals surface area contributed by atoms with E-state index in [1.54, 1.807) is 12.1 Å². The molecule has 1 aromatic carbocycles. The Morgan fingerprint density at radius 2 is 2.05 bits per heavy atom. The highest BCUT2D eigenvalue weighted by Gasteiger charge is 2.53. The first kappa shape index (κ1) is 13.5. The molecule has 1 unspecified atom stereocenters. The zero-order valence-corrected chi connectivity index (χ0v) is 10.4. The maximum Gasteiger partial charge on any atom is 0.348 e. The third-order valence-corrected chi connectivity index (χ3v) is 3.08. The summed E-state index contributed by atoms with van der Waals surface area (Å²) in [6, 6.07) is 5.25. The first-order valence-electron chi connectivity index (χ1n) is 5.92. The second-order valence-corrected chi connectivity index (χ2v) is 4.35. The molecule has 102 valence electrons. The van der Waals surface area contributed by atoms with Crippen LogP contribution in [0.25, 0.3) is 0 Å². The summed E-state index contributed by atoms with van der Waals surface area (Å²) in [4.78, 5) is 31.3. The third-order valence-electron chi connectivity index (χ3n) is 3.08. The van der Waals surface area contributed by atoms with Gasteiger partial charge in [-0.25, -0.2) is 19.4 Å². The van der Waals surface area contributed by atoms with Gasteiger partial charge in [-0.3, -0.25) is 0 Å². The molecule has 6 heteroatoms. The monoisotopic (exact) mass is 266 g/mol. The molecule has 2 N–H and O–H groups in total. The van der Waals surface area contributed by atoms with E-state index in [2.05, 4.69) is 4.89 Å². The highest BCUT2D eigenvalue weighted by atomic mass is 17.2. The fraction of sp³-hybridized carbons (Fsp3) is 0.385. The van der Waals surface area contributed by atoms with Gasteiger partial charge in [0, 0.05) is 11.1 Å². The van der Waals surface area contributed by atoms with E-state index in [1.165, 1.54) is 0 Å². The van der Waals surface area contributed by atoms with E-state index >= 15 is 0 Å². The molecule has 0 saturated heterocycles. The third kappa shape index (κ3) is 2.09. The molecule has 0 spiro atoms. The molecule has 0 heterocycles. The van der Waals surface area contributed by atoms with Gasteiger partial charge in [0.05, 0.1) is 0 Å². The van der Waals surface area contributed by atoms with Gasteiger partial charge in [0.1, 0.15) is 0 Å². The van der Waals surface area contributed by atoms with E-state index in [0.29, 0.717) is 11.1 Å². The minimum Gasteiger partial charge on any atom is -0.479 e. The van der Waals surface area contributed by atoms with Crippen LogP contribution < -0.4 is 0 Å². The van der Waals surface area contributed by atoms with Gasteiger partial charge >= 0.3 is 11.9 Å². The minimum absolute atomic E-state index is 0.459. The normalized spacial score (nSPS) is 19.8. The SMILES string of the molecule is CCCc1ccc2cc1C2(OOCC(=O)O)C(=O)O. The molecular weight excluding hydrogens is 252 g/mol. The summed E-state index contributed by atoms with van der Waals surface area (Å²) in [6.45, 7) is 1.28. The Kier molecular flexibility index (Phi) is 3.55. The second-order valence-electron chi connectivity index (χ2n) is 4.35. The number of aliphatic carboxylic acids is 2.